The molecule has 0 aliphatic heterocycles. The molecule has 3 aromatic rings. The fourth-order valence-corrected chi connectivity index (χ4v) is 2.24. The zero-order valence-corrected chi connectivity index (χ0v) is 11.5. The van der Waals surface area contributed by atoms with Gasteiger partial charge >= 0.3 is 0 Å². The number of imidazole rings is 1. The van der Waals surface area contributed by atoms with Crippen molar-refractivity contribution >= 4 is 11.0 Å². The lowest BCUT2D eigenvalue weighted by Crippen LogP contribution is -1.91. The van der Waals surface area contributed by atoms with Crippen molar-refractivity contribution in [1.29, 1.82) is 0 Å². The molecular weight excluding hydrogens is 258 g/mol. The highest BCUT2D eigenvalue weighted by molar-refractivity contribution is 5.81. The molecule has 0 amide bonds. The lowest BCUT2D eigenvalue weighted by molar-refractivity contribution is 0.579. The number of aromatic nitrogens is 2. The van der Waals surface area contributed by atoms with Crippen LogP contribution in [0.4, 0.5) is 8.78 Å². The van der Waals surface area contributed by atoms with E-state index in [1.165, 1.54) is 6.07 Å². The van der Waals surface area contributed by atoms with E-state index < -0.39 is 11.6 Å². The van der Waals surface area contributed by atoms with Gasteiger partial charge in [0.15, 0.2) is 0 Å². The van der Waals surface area contributed by atoms with Gasteiger partial charge < -0.3 is 4.98 Å². The summed E-state index contributed by atoms with van der Waals surface area (Å²) in [7, 11) is 0. The summed E-state index contributed by atoms with van der Waals surface area (Å²) in [4.78, 5) is 7.49. The van der Waals surface area contributed by atoms with Gasteiger partial charge in [-0.15, -0.1) is 0 Å². The first-order valence-electron chi connectivity index (χ1n) is 6.38. The van der Waals surface area contributed by atoms with Crippen molar-refractivity contribution in [2.45, 2.75) is 20.8 Å². The summed E-state index contributed by atoms with van der Waals surface area (Å²) in [6.45, 7) is 5.62. The maximum atomic E-state index is 13.9. The minimum absolute atomic E-state index is 0.287. The van der Waals surface area contributed by atoms with Gasteiger partial charge in [0.1, 0.15) is 17.5 Å². The smallest absolute Gasteiger partial charge is 0.141 e. The molecule has 2 nitrogen and oxygen atoms in total. The molecule has 0 spiro atoms. The molecule has 0 fully saturated rings. The van der Waals surface area contributed by atoms with Crippen LogP contribution in [0.2, 0.25) is 0 Å². The maximum Gasteiger partial charge on any atom is 0.141 e. The van der Waals surface area contributed by atoms with Gasteiger partial charge in [-0.25, -0.2) is 13.8 Å². The molecule has 0 radical (unpaired) electrons. The van der Waals surface area contributed by atoms with Crippen LogP contribution in [0.15, 0.2) is 24.3 Å². The number of aryl methyl sites for hydroxylation is 3. The van der Waals surface area contributed by atoms with Crippen LogP contribution in [0, 0.1) is 32.4 Å². The van der Waals surface area contributed by atoms with Gasteiger partial charge in [0.2, 0.25) is 0 Å². The summed E-state index contributed by atoms with van der Waals surface area (Å²) in [5.41, 5.74) is 4.59. The third kappa shape index (κ3) is 1.97. The quantitative estimate of drug-likeness (QED) is 0.697. The van der Waals surface area contributed by atoms with Gasteiger partial charge in [-0.2, -0.15) is 0 Å². The predicted octanol–water partition coefficient (Wildman–Crippen LogP) is 4.43. The Bertz CT molecular complexity index is 780. The summed E-state index contributed by atoms with van der Waals surface area (Å²) in [6.07, 6.45) is 0. The standard InChI is InChI=1S/C16H14F2N2/c1-8-5-14-15(6-9(8)2)20-16(19-14)11-4-10(3)12(17)7-13(11)18/h4-7H,1-3H3,(H,19,20). The molecule has 0 unspecified atom stereocenters. The molecule has 0 aliphatic carbocycles. The monoisotopic (exact) mass is 272 g/mol. The third-order valence-electron chi connectivity index (χ3n) is 3.60. The summed E-state index contributed by atoms with van der Waals surface area (Å²) >= 11 is 0. The number of rotatable bonds is 1. The fourth-order valence-electron chi connectivity index (χ4n) is 2.24. The first-order chi connectivity index (χ1) is 9.45. The number of hydrogen-bond donors (Lipinski definition) is 1. The molecule has 0 aliphatic rings. The van der Waals surface area contributed by atoms with E-state index in [2.05, 4.69) is 9.97 Å². The Morgan fingerprint density at radius 1 is 0.850 bits per heavy atom. The zero-order valence-electron chi connectivity index (χ0n) is 11.5. The Hall–Kier alpha value is -2.23. The Morgan fingerprint density at radius 3 is 2.30 bits per heavy atom. The molecule has 1 N–H and O–H groups in total. The number of benzene rings is 2. The van der Waals surface area contributed by atoms with Crippen molar-refractivity contribution in [3.8, 4) is 11.4 Å². The predicted molar refractivity (Wildman–Crippen MR) is 75.7 cm³/mol. The molecule has 20 heavy (non-hydrogen) atoms. The molecule has 3 rings (SSSR count). The van der Waals surface area contributed by atoms with E-state index in [-0.39, 0.29) is 5.56 Å². The van der Waals surface area contributed by atoms with Crippen molar-refractivity contribution in [3.05, 3.63) is 52.6 Å². The molecule has 1 aromatic heterocycles. The average Bonchev–Trinajstić information content (AvgIpc) is 2.77. The second kappa shape index (κ2) is 4.40. The number of hydrogen-bond acceptors (Lipinski definition) is 1. The highest BCUT2D eigenvalue weighted by Crippen LogP contribution is 2.26. The number of nitrogens with zero attached hydrogens (tertiary/aromatic N) is 1. The van der Waals surface area contributed by atoms with Crippen LogP contribution in [0.5, 0.6) is 0 Å². The Balaban J connectivity index is 2.22. The lowest BCUT2D eigenvalue weighted by atomic mass is 10.1. The number of halogens is 2. The van der Waals surface area contributed by atoms with Gasteiger partial charge in [-0.05, 0) is 55.7 Å². The Morgan fingerprint density at radius 2 is 1.55 bits per heavy atom. The summed E-state index contributed by atoms with van der Waals surface area (Å²) in [5.74, 6) is -0.736. The molecule has 2 aromatic carbocycles. The van der Waals surface area contributed by atoms with Crippen LogP contribution < -0.4 is 0 Å². The van der Waals surface area contributed by atoms with Gasteiger partial charge in [-0.1, -0.05) is 0 Å². The van der Waals surface area contributed by atoms with E-state index in [9.17, 15) is 8.78 Å². The SMILES string of the molecule is Cc1cc2nc(-c3cc(C)c(F)cc3F)[nH]c2cc1C. The van der Waals surface area contributed by atoms with Gasteiger partial charge in [0.25, 0.3) is 0 Å². The van der Waals surface area contributed by atoms with E-state index in [0.717, 1.165) is 28.2 Å². The number of H-pyrrole nitrogens is 1. The van der Waals surface area contributed by atoms with Gasteiger partial charge in [0, 0.05) is 6.07 Å². The van der Waals surface area contributed by atoms with Gasteiger partial charge in [0.05, 0.1) is 16.6 Å². The molecule has 1 heterocycles. The average molecular weight is 272 g/mol. The second-order valence-electron chi connectivity index (χ2n) is 5.12. The zero-order chi connectivity index (χ0) is 14.4. The summed E-state index contributed by atoms with van der Waals surface area (Å²) < 4.78 is 27.2. The van der Waals surface area contributed by atoms with Gasteiger partial charge in [-0.3, -0.25) is 0 Å². The van der Waals surface area contributed by atoms with Crippen molar-refractivity contribution in [2.24, 2.45) is 0 Å². The molecule has 102 valence electrons. The highest BCUT2D eigenvalue weighted by atomic mass is 19.1. The highest BCUT2D eigenvalue weighted by Gasteiger charge is 2.13. The maximum absolute atomic E-state index is 13.9. The molecular formula is C16H14F2N2. The molecule has 0 saturated carbocycles. The van der Waals surface area contributed by atoms with Crippen molar-refractivity contribution in [2.75, 3.05) is 0 Å². The van der Waals surface area contributed by atoms with E-state index in [1.54, 1.807) is 6.92 Å². The summed E-state index contributed by atoms with van der Waals surface area (Å²) in [5, 5.41) is 0. The first kappa shape index (κ1) is 12.8. The first-order valence-corrected chi connectivity index (χ1v) is 6.38. The number of aromatic amines is 1. The van der Waals surface area contributed by atoms with Crippen LogP contribution in [-0.2, 0) is 0 Å². The molecule has 0 bridgehead atoms. The van der Waals surface area contributed by atoms with Crippen LogP contribution >= 0.6 is 0 Å². The van der Waals surface area contributed by atoms with E-state index in [1.807, 2.05) is 26.0 Å². The fraction of sp³-hybridized carbons (Fsp3) is 0.188. The number of nitrogens with one attached hydrogen (secondary N) is 1. The Kier molecular flexibility index (Phi) is 2.82. The third-order valence-corrected chi connectivity index (χ3v) is 3.60. The Labute approximate surface area is 115 Å². The van der Waals surface area contributed by atoms with Crippen LogP contribution in [-0.4, -0.2) is 9.97 Å². The summed E-state index contributed by atoms with van der Waals surface area (Å²) in [6, 6.07) is 6.31. The minimum atomic E-state index is -0.611. The number of fused-ring (bicyclic) bond motifs is 1. The van der Waals surface area contributed by atoms with Crippen LogP contribution in [0.25, 0.3) is 22.4 Å². The second-order valence-corrected chi connectivity index (χ2v) is 5.12. The topological polar surface area (TPSA) is 28.7 Å². The largest absolute Gasteiger partial charge is 0.338 e. The molecule has 0 saturated heterocycles. The van der Waals surface area contributed by atoms with Crippen LogP contribution in [0.1, 0.15) is 16.7 Å². The van der Waals surface area contributed by atoms with Crippen molar-refractivity contribution in [1.82, 2.24) is 9.97 Å². The van der Waals surface area contributed by atoms with E-state index in [4.69, 9.17) is 0 Å². The molecule has 4 heteroatoms. The van der Waals surface area contributed by atoms with Crippen molar-refractivity contribution < 1.29 is 8.78 Å². The van der Waals surface area contributed by atoms with Crippen molar-refractivity contribution in [3.63, 3.8) is 0 Å². The molecule has 0 atom stereocenters. The van der Waals surface area contributed by atoms with E-state index >= 15 is 0 Å². The van der Waals surface area contributed by atoms with E-state index in [0.29, 0.717) is 11.4 Å². The van der Waals surface area contributed by atoms with Crippen LogP contribution in [0.3, 0.4) is 0 Å². The normalized spacial score (nSPS) is 11.2. The minimum Gasteiger partial charge on any atom is -0.338 e. The lowest BCUT2D eigenvalue weighted by Gasteiger charge is -2.02.